The van der Waals surface area contributed by atoms with E-state index in [9.17, 15) is 19.2 Å². The number of carboxylic acids is 3. The van der Waals surface area contributed by atoms with Crippen molar-refractivity contribution in [1.82, 2.24) is 0 Å². The zero-order chi connectivity index (χ0) is 49.3. The highest BCUT2D eigenvalue weighted by atomic mass is 16.4. The minimum Gasteiger partial charge on any atom is -0.504 e. The summed E-state index contributed by atoms with van der Waals surface area (Å²) in [5, 5.41) is 160. The third kappa shape index (κ3) is 15.6. The van der Waals surface area contributed by atoms with E-state index in [1.54, 1.807) is 0 Å². The summed E-state index contributed by atoms with van der Waals surface area (Å²) >= 11 is 0. The van der Waals surface area contributed by atoms with Gasteiger partial charge in [0, 0.05) is 5.56 Å². The molecule has 0 aliphatic carbocycles. The van der Waals surface area contributed by atoms with E-state index < -0.39 is 105 Å². The molecule has 1 unspecified atom stereocenters. The zero-order valence-electron chi connectivity index (χ0n) is 32.5. The van der Waals surface area contributed by atoms with Gasteiger partial charge in [-0.1, -0.05) is 0 Å². The molecule has 5 aromatic rings. The summed E-state index contributed by atoms with van der Waals surface area (Å²) in [5.41, 5.74) is 16.6. The van der Waals surface area contributed by atoms with Crippen LogP contribution in [0.1, 0.15) is 43.4 Å². The van der Waals surface area contributed by atoms with Gasteiger partial charge in [-0.2, -0.15) is 0 Å². The highest BCUT2D eigenvalue weighted by Gasteiger charge is 2.19. The molecule has 5 rings (SSSR count). The van der Waals surface area contributed by atoms with Gasteiger partial charge in [0.2, 0.25) is 0 Å². The Kier molecular flexibility index (Phi) is 19.7. The van der Waals surface area contributed by atoms with Gasteiger partial charge in [0.05, 0.1) is 5.56 Å². The summed E-state index contributed by atoms with van der Waals surface area (Å²) in [6, 6.07) is 8.35. The van der Waals surface area contributed by atoms with E-state index in [2.05, 4.69) is 0 Å². The second-order valence-corrected chi connectivity index (χ2v) is 12.6. The van der Waals surface area contributed by atoms with Crippen LogP contribution in [0.4, 0.5) is 0 Å². The average Bonchev–Trinajstić information content (AvgIpc) is 3.22. The summed E-state index contributed by atoms with van der Waals surface area (Å²) in [6.07, 6.45) is 0.969. The fraction of sp³-hybridized carbons (Fsp3) is 0.128. The first-order chi connectivity index (χ1) is 29.7. The predicted molar refractivity (Wildman–Crippen MR) is 216 cm³/mol. The monoisotopic (exact) mass is 905 g/mol. The van der Waals surface area contributed by atoms with Gasteiger partial charge in [0.25, 0.3) is 0 Å². The summed E-state index contributed by atoms with van der Waals surface area (Å²) in [7, 11) is 0. The van der Waals surface area contributed by atoms with Gasteiger partial charge in [-0.15, -0.1) is 0 Å². The van der Waals surface area contributed by atoms with Crippen molar-refractivity contribution >= 4 is 24.2 Å². The molecule has 0 fully saturated rings. The molecule has 2 atom stereocenters. The molecular formula is C39H43N3O22. The molecule has 24 N–H and O–H groups in total. The van der Waals surface area contributed by atoms with Crippen molar-refractivity contribution in [3.8, 4) is 86.2 Å². The zero-order valence-corrected chi connectivity index (χ0v) is 32.5. The van der Waals surface area contributed by atoms with Crippen molar-refractivity contribution in [3.05, 3.63) is 88.5 Å². The van der Waals surface area contributed by atoms with Crippen LogP contribution in [0.5, 0.6) is 86.2 Å². The Bertz CT molecular complexity index is 2340. The normalized spacial score (nSPS) is 10.9. The van der Waals surface area contributed by atoms with Crippen molar-refractivity contribution in [2.45, 2.75) is 24.9 Å². The largest absolute Gasteiger partial charge is 0.504 e. The van der Waals surface area contributed by atoms with Gasteiger partial charge < -0.3 is 109 Å². The molecular weight excluding hydrogens is 862 g/mol. The van der Waals surface area contributed by atoms with Crippen molar-refractivity contribution in [2.75, 3.05) is 6.54 Å². The van der Waals surface area contributed by atoms with E-state index in [0.717, 1.165) is 48.5 Å². The molecule has 0 aromatic heterocycles. The molecule has 0 amide bonds. The number of phenols is 15. The number of benzene rings is 5. The Morgan fingerprint density at radius 2 is 0.781 bits per heavy atom. The molecule has 0 bridgehead atoms. The van der Waals surface area contributed by atoms with Crippen LogP contribution in [-0.2, 0) is 22.4 Å². The number of rotatable bonds is 9. The van der Waals surface area contributed by atoms with E-state index in [-0.39, 0.29) is 34.6 Å². The molecule has 0 saturated heterocycles. The number of aldehydes is 1. The predicted octanol–water partition coefficient (Wildman–Crippen LogP) is 1.07. The molecule has 64 heavy (non-hydrogen) atoms. The third-order valence-electron chi connectivity index (χ3n) is 7.73. The number of aromatic hydroxyl groups is 15. The lowest BCUT2D eigenvalue weighted by atomic mass is 10.1. The lowest BCUT2D eigenvalue weighted by Crippen LogP contribution is -2.32. The fourth-order valence-corrected chi connectivity index (χ4v) is 4.46. The first kappa shape index (κ1) is 53.1. The molecule has 0 aliphatic heterocycles. The van der Waals surface area contributed by atoms with Gasteiger partial charge in [-0.25, -0.2) is 4.79 Å². The number of hydrogen-bond acceptors (Lipinski definition) is 22. The minimum atomic E-state index is -1.35. The van der Waals surface area contributed by atoms with Crippen LogP contribution in [0.2, 0.25) is 0 Å². The Labute approximate surface area is 358 Å². The summed E-state index contributed by atoms with van der Waals surface area (Å²) < 4.78 is 0. The Morgan fingerprint density at radius 1 is 0.469 bits per heavy atom. The van der Waals surface area contributed by atoms with E-state index in [1.165, 1.54) is 12.1 Å². The average molecular weight is 906 g/mol. The van der Waals surface area contributed by atoms with Gasteiger partial charge in [0.1, 0.15) is 18.4 Å². The molecule has 346 valence electrons. The minimum absolute atomic E-state index is 0.00491. The second-order valence-electron chi connectivity index (χ2n) is 12.6. The SMILES string of the molecule is NC(C(=O)O)c1cc(O)c(O)c(O)c1.NCCc1cc(O)c(O)c(O)c1.N[C@@H](Cc1cc(O)c(O)c(O)c1)C(=O)O.O=C(O)c1cc(O)c(O)c(O)c1.O=Cc1cc(O)c(O)c(O)c1. The standard InChI is InChI=1S/C9H11NO5.C8H9NO5.C8H11NO3.C7H6O5.C7H6O4/c10-5(9(14)15)1-4-2-6(11)8(13)7(12)3-4;9-6(8(13)14)3-1-4(10)7(12)5(11)2-3;9-2-1-5-3-6(10)8(12)7(11)4-5;8-4-1-3(7(11)12)2-5(9)6(4)10;8-3-4-1-5(9)7(11)6(10)2-4/h2-3,5,11-13H,1,10H2,(H,14,15);1-2,6,10-12H,9H2,(H,13,14);3-4,10-12H,1-2,9H2;1-2,8-10H,(H,11,12);1-3,9-11H/t5-;;;;/m0..../s1. The highest BCUT2D eigenvalue weighted by Crippen LogP contribution is 2.39. The number of carbonyl (C=O) groups is 4. The van der Waals surface area contributed by atoms with E-state index in [1.807, 2.05) is 0 Å². The molecule has 0 radical (unpaired) electrons. The first-order valence-electron chi connectivity index (χ1n) is 17.2. The molecule has 0 spiro atoms. The number of carbonyl (C=O) groups excluding carboxylic acids is 1. The van der Waals surface area contributed by atoms with Crippen LogP contribution in [0.15, 0.2) is 60.7 Å². The molecule has 0 heterocycles. The Balaban J connectivity index is 0.000000402. The number of nitrogens with two attached hydrogens (primary N) is 3. The fourth-order valence-electron chi connectivity index (χ4n) is 4.46. The van der Waals surface area contributed by atoms with Crippen molar-refractivity contribution in [1.29, 1.82) is 0 Å². The topological polar surface area (TPSA) is 510 Å². The Hall–Kier alpha value is -8.94. The summed E-state index contributed by atoms with van der Waals surface area (Å²) in [4.78, 5) is 41.3. The summed E-state index contributed by atoms with van der Waals surface area (Å²) in [5.74, 6) is -12.2. The lowest BCUT2D eigenvalue weighted by Gasteiger charge is -2.08. The first-order valence-corrected chi connectivity index (χ1v) is 17.2. The maximum Gasteiger partial charge on any atom is 0.335 e. The van der Waals surface area contributed by atoms with Gasteiger partial charge in [-0.3, -0.25) is 14.4 Å². The van der Waals surface area contributed by atoms with Crippen LogP contribution in [-0.4, -0.2) is 129 Å². The quantitative estimate of drug-likeness (QED) is 0.0726. The number of aromatic carboxylic acids is 1. The van der Waals surface area contributed by atoms with Crippen LogP contribution in [0.25, 0.3) is 0 Å². The van der Waals surface area contributed by atoms with Crippen molar-refractivity contribution in [2.24, 2.45) is 17.2 Å². The number of carboxylic acid groups (broad SMARTS) is 3. The number of hydrogen-bond donors (Lipinski definition) is 21. The van der Waals surface area contributed by atoms with E-state index >= 15 is 0 Å². The Morgan fingerprint density at radius 3 is 1.08 bits per heavy atom. The van der Waals surface area contributed by atoms with Crippen molar-refractivity contribution < 1.29 is 111 Å². The molecule has 25 heteroatoms. The van der Waals surface area contributed by atoms with Crippen LogP contribution >= 0.6 is 0 Å². The van der Waals surface area contributed by atoms with E-state index in [4.69, 9.17) is 109 Å². The van der Waals surface area contributed by atoms with Gasteiger partial charge in [0.15, 0.2) is 86.2 Å². The molecule has 0 aliphatic rings. The van der Waals surface area contributed by atoms with Crippen LogP contribution < -0.4 is 17.2 Å². The maximum absolute atomic E-state index is 10.5. The second kappa shape index (κ2) is 23.7. The van der Waals surface area contributed by atoms with Crippen molar-refractivity contribution in [3.63, 3.8) is 0 Å². The molecule has 0 saturated carbocycles. The molecule has 25 nitrogen and oxygen atoms in total. The third-order valence-corrected chi connectivity index (χ3v) is 7.73. The smallest absolute Gasteiger partial charge is 0.335 e. The maximum atomic E-state index is 10.5. The number of aliphatic carboxylic acids is 2. The lowest BCUT2D eigenvalue weighted by molar-refractivity contribution is -0.139. The van der Waals surface area contributed by atoms with Gasteiger partial charge in [-0.05, 0) is 96.7 Å². The van der Waals surface area contributed by atoms with Crippen LogP contribution in [0.3, 0.4) is 0 Å². The van der Waals surface area contributed by atoms with Crippen LogP contribution in [0, 0.1) is 0 Å². The van der Waals surface area contributed by atoms with E-state index in [0.29, 0.717) is 30.4 Å². The number of phenolic OH excluding ortho intramolecular Hbond substituents is 15. The summed E-state index contributed by atoms with van der Waals surface area (Å²) in [6.45, 7) is 0.434. The highest BCUT2D eigenvalue weighted by molar-refractivity contribution is 5.89. The van der Waals surface area contributed by atoms with Gasteiger partial charge >= 0.3 is 17.9 Å². The molecule has 5 aromatic carbocycles.